The number of aryl methyl sites for hydroxylation is 1. The number of aromatic amines is 2. The number of hydrogen-bond donors (Lipinski definition) is 3. The molecule has 0 atom stereocenters. The Morgan fingerprint density at radius 3 is 2.78 bits per heavy atom. The van der Waals surface area contributed by atoms with Crippen LogP contribution >= 0.6 is 0 Å². The summed E-state index contributed by atoms with van der Waals surface area (Å²) in [6, 6.07) is 5.92. The number of carbonyl (C=O) groups is 1. The third-order valence-corrected chi connectivity index (χ3v) is 4.06. The molecular weight excluding hydrogens is 297 g/mol. The number of nitrogens with one attached hydrogen (secondary N) is 3. The van der Waals surface area contributed by atoms with Crippen molar-refractivity contribution in [3.05, 3.63) is 63.5 Å². The van der Waals surface area contributed by atoms with Crippen LogP contribution in [0.1, 0.15) is 16.8 Å². The highest BCUT2D eigenvalue weighted by Gasteiger charge is 2.25. The zero-order valence-corrected chi connectivity index (χ0v) is 12.2. The van der Waals surface area contributed by atoms with E-state index < -0.39 is 5.82 Å². The molecule has 1 aromatic carbocycles. The molecule has 1 aliphatic rings. The summed E-state index contributed by atoms with van der Waals surface area (Å²) in [5.74, 6) is -0.700. The van der Waals surface area contributed by atoms with E-state index in [0.717, 1.165) is 5.56 Å². The normalized spacial score (nSPS) is 15.2. The average molecular weight is 309 g/mol. The summed E-state index contributed by atoms with van der Waals surface area (Å²) in [6.07, 6.45) is 3.21. The van der Waals surface area contributed by atoms with Crippen LogP contribution in [0.25, 0.3) is 22.6 Å². The summed E-state index contributed by atoms with van der Waals surface area (Å²) in [7, 11) is 0. The summed E-state index contributed by atoms with van der Waals surface area (Å²) in [4.78, 5) is 29.8. The van der Waals surface area contributed by atoms with Gasteiger partial charge in [-0.2, -0.15) is 0 Å². The van der Waals surface area contributed by atoms with E-state index in [0.29, 0.717) is 33.4 Å². The van der Waals surface area contributed by atoms with Gasteiger partial charge in [-0.1, -0.05) is 0 Å². The molecule has 23 heavy (non-hydrogen) atoms. The standard InChI is InChI=1S/C17H12FN3O2/c1-8-14(20-13-4-5-19-17(23)15(8)13)7-11-10-6-9(18)2-3-12(10)21-16(11)22/h2-7,20H,1H3,(H,19,23)(H,21,22)/b11-7-. The Morgan fingerprint density at radius 2 is 2.00 bits per heavy atom. The van der Waals surface area contributed by atoms with Gasteiger partial charge in [-0.25, -0.2) is 4.39 Å². The number of amides is 1. The van der Waals surface area contributed by atoms with E-state index in [9.17, 15) is 14.0 Å². The monoisotopic (exact) mass is 309 g/mol. The molecule has 0 spiro atoms. The number of hydrogen-bond acceptors (Lipinski definition) is 2. The summed E-state index contributed by atoms with van der Waals surface area (Å²) in [6.45, 7) is 1.81. The van der Waals surface area contributed by atoms with Crippen LogP contribution in [-0.4, -0.2) is 15.9 Å². The first kappa shape index (κ1) is 13.5. The third-order valence-electron chi connectivity index (χ3n) is 4.06. The van der Waals surface area contributed by atoms with E-state index in [2.05, 4.69) is 15.3 Å². The zero-order valence-electron chi connectivity index (χ0n) is 12.2. The number of pyridine rings is 1. The lowest BCUT2D eigenvalue weighted by Gasteiger charge is -1.98. The van der Waals surface area contributed by atoms with Crippen molar-refractivity contribution in [1.82, 2.24) is 9.97 Å². The Hall–Kier alpha value is -3.15. The number of aromatic nitrogens is 2. The molecule has 0 saturated heterocycles. The van der Waals surface area contributed by atoms with Crippen LogP contribution in [0.3, 0.4) is 0 Å². The summed E-state index contributed by atoms with van der Waals surface area (Å²) >= 11 is 0. The van der Waals surface area contributed by atoms with Crippen molar-refractivity contribution in [2.24, 2.45) is 0 Å². The van der Waals surface area contributed by atoms with Gasteiger partial charge in [-0.05, 0) is 42.8 Å². The number of rotatable bonds is 1. The van der Waals surface area contributed by atoms with Crippen molar-refractivity contribution < 1.29 is 9.18 Å². The molecule has 1 aliphatic heterocycles. The first-order valence-corrected chi connectivity index (χ1v) is 7.07. The maximum Gasteiger partial charge on any atom is 0.257 e. The maximum absolute atomic E-state index is 13.5. The van der Waals surface area contributed by atoms with Gasteiger partial charge in [0.1, 0.15) is 5.82 Å². The second kappa shape index (κ2) is 4.67. The second-order valence-corrected chi connectivity index (χ2v) is 5.46. The van der Waals surface area contributed by atoms with Crippen LogP contribution < -0.4 is 10.9 Å². The SMILES string of the molecule is Cc1c(/C=C2\C(=O)Nc3ccc(F)cc32)[nH]c2cc[nH]c(=O)c12. The highest BCUT2D eigenvalue weighted by Crippen LogP contribution is 2.34. The van der Waals surface area contributed by atoms with Gasteiger partial charge in [0.05, 0.1) is 16.5 Å². The Kier molecular flexibility index (Phi) is 2.74. The first-order chi connectivity index (χ1) is 11.0. The van der Waals surface area contributed by atoms with E-state index in [4.69, 9.17) is 0 Å². The minimum absolute atomic E-state index is 0.191. The molecule has 0 aliphatic carbocycles. The van der Waals surface area contributed by atoms with E-state index in [1.807, 2.05) is 0 Å². The lowest BCUT2D eigenvalue weighted by Crippen LogP contribution is -2.04. The molecular formula is C17H12FN3O2. The highest BCUT2D eigenvalue weighted by molar-refractivity contribution is 6.35. The fourth-order valence-corrected chi connectivity index (χ4v) is 2.92. The molecule has 2 aromatic heterocycles. The summed E-state index contributed by atoms with van der Waals surface area (Å²) in [5, 5.41) is 3.26. The molecule has 0 fully saturated rings. The molecule has 3 aromatic rings. The Morgan fingerprint density at radius 1 is 1.17 bits per heavy atom. The van der Waals surface area contributed by atoms with E-state index in [1.165, 1.54) is 18.2 Å². The number of anilines is 1. The second-order valence-electron chi connectivity index (χ2n) is 5.46. The van der Waals surface area contributed by atoms with Crippen molar-refractivity contribution in [2.45, 2.75) is 6.92 Å². The largest absolute Gasteiger partial charge is 0.355 e. The number of benzene rings is 1. The van der Waals surface area contributed by atoms with Crippen LogP contribution in [0.15, 0.2) is 35.3 Å². The molecule has 5 nitrogen and oxygen atoms in total. The van der Waals surface area contributed by atoms with Crippen LogP contribution in [0.4, 0.5) is 10.1 Å². The highest BCUT2D eigenvalue weighted by atomic mass is 19.1. The van der Waals surface area contributed by atoms with Gasteiger partial charge < -0.3 is 15.3 Å². The van der Waals surface area contributed by atoms with Crippen LogP contribution in [0, 0.1) is 12.7 Å². The Labute approximate surface area is 129 Å². The van der Waals surface area contributed by atoms with Crippen LogP contribution in [0.5, 0.6) is 0 Å². The van der Waals surface area contributed by atoms with Crippen LogP contribution in [-0.2, 0) is 4.79 Å². The summed E-state index contributed by atoms with van der Waals surface area (Å²) < 4.78 is 13.5. The zero-order chi connectivity index (χ0) is 16.1. The van der Waals surface area contributed by atoms with Crippen molar-refractivity contribution in [2.75, 3.05) is 5.32 Å². The molecule has 6 heteroatoms. The van der Waals surface area contributed by atoms with Gasteiger partial charge in [-0.15, -0.1) is 0 Å². The van der Waals surface area contributed by atoms with Crippen molar-refractivity contribution in [3.63, 3.8) is 0 Å². The predicted octanol–water partition coefficient (Wildman–Crippen LogP) is 2.80. The van der Waals surface area contributed by atoms with Gasteiger partial charge >= 0.3 is 0 Å². The van der Waals surface area contributed by atoms with Gasteiger partial charge in [0, 0.05) is 23.1 Å². The number of H-pyrrole nitrogens is 2. The molecule has 0 saturated carbocycles. The molecule has 4 rings (SSSR count). The molecule has 0 radical (unpaired) electrons. The number of carbonyl (C=O) groups excluding carboxylic acids is 1. The van der Waals surface area contributed by atoms with Crippen molar-refractivity contribution in [3.8, 4) is 0 Å². The topological polar surface area (TPSA) is 77.8 Å². The van der Waals surface area contributed by atoms with Crippen molar-refractivity contribution >= 4 is 34.1 Å². The fraction of sp³-hybridized carbons (Fsp3) is 0.0588. The molecule has 3 N–H and O–H groups in total. The molecule has 3 heterocycles. The molecule has 114 valence electrons. The lowest BCUT2D eigenvalue weighted by molar-refractivity contribution is -0.110. The summed E-state index contributed by atoms with van der Waals surface area (Å²) in [5.41, 5.74) is 3.35. The van der Waals surface area contributed by atoms with Gasteiger partial charge in [0.25, 0.3) is 11.5 Å². The van der Waals surface area contributed by atoms with Gasteiger partial charge in [0.2, 0.25) is 0 Å². The fourth-order valence-electron chi connectivity index (χ4n) is 2.92. The Bertz CT molecular complexity index is 1060. The lowest BCUT2D eigenvalue weighted by atomic mass is 10.0. The Balaban J connectivity index is 1.94. The van der Waals surface area contributed by atoms with Gasteiger partial charge in [0.15, 0.2) is 0 Å². The van der Waals surface area contributed by atoms with E-state index in [1.54, 1.807) is 25.3 Å². The average Bonchev–Trinajstić information content (AvgIpc) is 2.99. The van der Waals surface area contributed by atoms with Crippen LogP contribution in [0.2, 0.25) is 0 Å². The minimum atomic E-state index is -0.407. The van der Waals surface area contributed by atoms with Crippen molar-refractivity contribution in [1.29, 1.82) is 0 Å². The predicted molar refractivity (Wildman–Crippen MR) is 86.6 cm³/mol. The quantitative estimate of drug-likeness (QED) is 0.604. The smallest absolute Gasteiger partial charge is 0.257 e. The van der Waals surface area contributed by atoms with E-state index >= 15 is 0 Å². The van der Waals surface area contributed by atoms with E-state index in [-0.39, 0.29) is 11.5 Å². The number of fused-ring (bicyclic) bond motifs is 2. The molecule has 1 amide bonds. The van der Waals surface area contributed by atoms with Gasteiger partial charge in [-0.3, -0.25) is 9.59 Å². The molecule has 0 bridgehead atoms. The molecule has 0 unspecified atom stereocenters. The minimum Gasteiger partial charge on any atom is -0.355 e. The third kappa shape index (κ3) is 1.99. The number of halogens is 1. The maximum atomic E-state index is 13.5. The first-order valence-electron chi connectivity index (χ1n) is 7.07.